The van der Waals surface area contributed by atoms with Gasteiger partial charge in [0.1, 0.15) is 6.17 Å². The Morgan fingerprint density at radius 1 is 1.40 bits per heavy atom. The van der Waals surface area contributed by atoms with E-state index in [1.165, 1.54) is 16.7 Å². The molecule has 4 nitrogen and oxygen atoms in total. The third kappa shape index (κ3) is 3.38. The Balaban J connectivity index is 2.13. The van der Waals surface area contributed by atoms with Gasteiger partial charge in [-0.15, -0.1) is 0 Å². The van der Waals surface area contributed by atoms with Crippen LogP contribution in [-0.2, 0) is 9.53 Å². The molecule has 1 aromatic rings. The van der Waals surface area contributed by atoms with E-state index in [4.69, 9.17) is 4.74 Å². The molecule has 1 N–H and O–H groups in total. The molecule has 1 heterocycles. The summed E-state index contributed by atoms with van der Waals surface area (Å²) in [4.78, 5) is 13.9. The van der Waals surface area contributed by atoms with Gasteiger partial charge in [-0.1, -0.05) is 23.8 Å². The van der Waals surface area contributed by atoms with Crippen LogP contribution in [0.2, 0.25) is 0 Å². The van der Waals surface area contributed by atoms with E-state index in [2.05, 4.69) is 37.4 Å². The van der Waals surface area contributed by atoms with Gasteiger partial charge in [-0.2, -0.15) is 0 Å². The Kier molecular flexibility index (Phi) is 4.78. The van der Waals surface area contributed by atoms with Crippen molar-refractivity contribution in [3.8, 4) is 0 Å². The maximum Gasteiger partial charge on any atom is 0.238 e. The summed E-state index contributed by atoms with van der Waals surface area (Å²) in [6, 6.07) is 6.36. The standard InChI is InChI=1S/C16H24N2O2/c1-11(2)20-8-7-18-15(19)10-17-16(18)14-9-12(3)5-6-13(14)4/h5-6,9,11,16-17H,7-8,10H2,1-4H3. The second-order valence-electron chi connectivity index (χ2n) is 5.65. The SMILES string of the molecule is Cc1ccc(C)c(C2NCC(=O)N2CCOC(C)C)c1. The highest BCUT2D eigenvalue weighted by atomic mass is 16.5. The fourth-order valence-corrected chi connectivity index (χ4v) is 2.51. The van der Waals surface area contributed by atoms with E-state index in [1.807, 2.05) is 18.7 Å². The smallest absolute Gasteiger partial charge is 0.238 e. The molecule has 0 bridgehead atoms. The molecule has 0 spiro atoms. The molecule has 0 radical (unpaired) electrons. The van der Waals surface area contributed by atoms with Gasteiger partial charge in [0.15, 0.2) is 0 Å². The predicted octanol–water partition coefficient (Wildman–Crippen LogP) is 2.16. The first-order valence-electron chi connectivity index (χ1n) is 7.20. The molecule has 1 fully saturated rings. The summed E-state index contributed by atoms with van der Waals surface area (Å²) in [5.41, 5.74) is 3.60. The van der Waals surface area contributed by atoms with Crippen LogP contribution in [-0.4, -0.2) is 36.6 Å². The number of rotatable bonds is 5. The van der Waals surface area contributed by atoms with Gasteiger partial charge >= 0.3 is 0 Å². The topological polar surface area (TPSA) is 41.6 Å². The molecule has 0 aromatic heterocycles. The molecule has 1 aliphatic rings. The van der Waals surface area contributed by atoms with E-state index in [0.717, 1.165) is 0 Å². The third-order valence-electron chi connectivity index (χ3n) is 3.59. The van der Waals surface area contributed by atoms with Crippen LogP contribution < -0.4 is 5.32 Å². The van der Waals surface area contributed by atoms with Crippen molar-refractivity contribution in [2.45, 2.75) is 40.0 Å². The molecule has 1 atom stereocenters. The number of hydrogen-bond acceptors (Lipinski definition) is 3. The maximum atomic E-state index is 12.0. The number of benzene rings is 1. The van der Waals surface area contributed by atoms with Crippen LogP contribution in [0.15, 0.2) is 18.2 Å². The van der Waals surface area contributed by atoms with E-state index in [1.54, 1.807) is 0 Å². The van der Waals surface area contributed by atoms with Crippen molar-refractivity contribution < 1.29 is 9.53 Å². The zero-order chi connectivity index (χ0) is 14.7. The molecule has 110 valence electrons. The van der Waals surface area contributed by atoms with Crippen LogP contribution in [0.25, 0.3) is 0 Å². The van der Waals surface area contributed by atoms with Gasteiger partial charge in [0.2, 0.25) is 5.91 Å². The Bertz CT molecular complexity index is 485. The molecule has 0 aliphatic carbocycles. The summed E-state index contributed by atoms with van der Waals surface area (Å²) < 4.78 is 5.57. The summed E-state index contributed by atoms with van der Waals surface area (Å²) in [6.07, 6.45) is 0.165. The monoisotopic (exact) mass is 276 g/mol. The van der Waals surface area contributed by atoms with E-state index in [9.17, 15) is 4.79 Å². The van der Waals surface area contributed by atoms with Crippen molar-refractivity contribution in [3.05, 3.63) is 34.9 Å². The van der Waals surface area contributed by atoms with Gasteiger partial charge in [0, 0.05) is 6.54 Å². The molecule has 4 heteroatoms. The van der Waals surface area contributed by atoms with Crippen LogP contribution in [0.5, 0.6) is 0 Å². The van der Waals surface area contributed by atoms with Crippen LogP contribution >= 0.6 is 0 Å². The van der Waals surface area contributed by atoms with Crippen molar-refractivity contribution in [2.24, 2.45) is 0 Å². The highest BCUT2D eigenvalue weighted by Crippen LogP contribution is 2.25. The zero-order valence-electron chi connectivity index (χ0n) is 12.8. The highest BCUT2D eigenvalue weighted by Gasteiger charge is 2.32. The lowest BCUT2D eigenvalue weighted by Crippen LogP contribution is -2.34. The Morgan fingerprint density at radius 3 is 2.85 bits per heavy atom. The van der Waals surface area contributed by atoms with Crippen molar-refractivity contribution in [3.63, 3.8) is 0 Å². The van der Waals surface area contributed by atoms with Crippen LogP contribution in [0.1, 0.15) is 36.7 Å². The minimum absolute atomic E-state index is 0.0295. The van der Waals surface area contributed by atoms with Gasteiger partial charge in [-0.3, -0.25) is 10.1 Å². The quantitative estimate of drug-likeness (QED) is 0.896. The molecule has 1 aliphatic heterocycles. The molecule has 1 unspecified atom stereocenters. The number of amides is 1. The lowest BCUT2D eigenvalue weighted by atomic mass is 10.0. The lowest BCUT2D eigenvalue weighted by Gasteiger charge is -2.26. The number of nitrogens with one attached hydrogen (secondary N) is 1. The third-order valence-corrected chi connectivity index (χ3v) is 3.59. The van der Waals surface area contributed by atoms with Crippen molar-refractivity contribution >= 4 is 5.91 Å². The fourth-order valence-electron chi connectivity index (χ4n) is 2.51. The second-order valence-corrected chi connectivity index (χ2v) is 5.65. The van der Waals surface area contributed by atoms with E-state index in [-0.39, 0.29) is 18.2 Å². The molecular weight excluding hydrogens is 252 g/mol. The number of hydrogen-bond donors (Lipinski definition) is 1. The van der Waals surface area contributed by atoms with Gasteiger partial charge < -0.3 is 9.64 Å². The average Bonchev–Trinajstić information content (AvgIpc) is 2.74. The van der Waals surface area contributed by atoms with E-state index < -0.39 is 0 Å². The summed E-state index contributed by atoms with van der Waals surface area (Å²) in [7, 11) is 0. The molecular formula is C16H24N2O2. The minimum atomic E-state index is -0.0295. The van der Waals surface area contributed by atoms with Crippen LogP contribution in [0, 0.1) is 13.8 Å². The van der Waals surface area contributed by atoms with Crippen molar-refractivity contribution in [1.29, 1.82) is 0 Å². The number of carbonyl (C=O) groups is 1. The molecule has 0 saturated carbocycles. The normalized spacial score (nSPS) is 19.1. The second kappa shape index (κ2) is 6.37. The number of ether oxygens (including phenoxy) is 1. The molecule has 2 rings (SSSR count). The highest BCUT2D eigenvalue weighted by molar-refractivity contribution is 5.81. The molecule has 20 heavy (non-hydrogen) atoms. The molecule has 1 saturated heterocycles. The summed E-state index contributed by atoms with van der Waals surface area (Å²) in [5.74, 6) is 0.142. The predicted molar refractivity (Wildman–Crippen MR) is 79.5 cm³/mol. The Labute approximate surface area is 121 Å². The first-order valence-corrected chi connectivity index (χ1v) is 7.20. The summed E-state index contributed by atoms with van der Waals surface area (Å²) in [6.45, 7) is 9.78. The fraction of sp³-hybridized carbons (Fsp3) is 0.562. The first-order chi connectivity index (χ1) is 9.49. The largest absolute Gasteiger partial charge is 0.377 e. The minimum Gasteiger partial charge on any atom is -0.377 e. The summed E-state index contributed by atoms with van der Waals surface area (Å²) >= 11 is 0. The number of carbonyl (C=O) groups excluding carboxylic acids is 1. The van der Waals surface area contributed by atoms with Crippen molar-refractivity contribution in [2.75, 3.05) is 19.7 Å². The zero-order valence-corrected chi connectivity index (χ0v) is 12.8. The number of nitrogens with zero attached hydrogens (tertiary/aromatic N) is 1. The average molecular weight is 276 g/mol. The van der Waals surface area contributed by atoms with E-state index in [0.29, 0.717) is 19.7 Å². The maximum absolute atomic E-state index is 12.0. The van der Waals surface area contributed by atoms with E-state index >= 15 is 0 Å². The number of aryl methyl sites for hydroxylation is 2. The van der Waals surface area contributed by atoms with Crippen LogP contribution in [0.4, 0.5) is 0 Å². The van der Waals surface area contributed by atoms with Gasteiger partial charge in [0.25, 0.3) is 0 Å². The van der Waals surface area contributed by atoms with Gasteiger partial charge in [0.05, 0.1) is 19.3 Å². The van der Waals surface area contributed by atoms with Gasteiger partial charge in [-0.25, -0.2) is 0 Å². The first kappa shape index (κ1) is 15.0. The Morgan fingerprint density at radius 2 is 2.15 bits per heavy atom. The molecule has 1 aromatic carbocycles. The van der Waals surface area contributed by atoms with Gasteiger partial charge in [-0.05, 0) is 38.8 Å². The van der Waals surface area contributed by atoms with Crippen LogP contribution in [0.3, 0.4) is 0 Å². The van der Waals surface area contributed by atoms with Crippen molar-refractivity contribution in [1.82, 2.24) is 10.2 Å². The molecule has 1 amide bonds. The summed E-state index contributed by atoms with van der Waals surface area (Å²) in [5, 5.41) is 3.30. The Hall–Kier alpha value is -1.39. The lowest BCUT2D eigenvalue weighted by molar-refractivity contribution is -0.129.